The molecule has 162 valence electrons. The highest BCUT2D eigenvalue weighted by atomic mass is 32.2. The van der Waals surface area contributed by atoms with Gasteiger partial charge in [0.1, 0.15) is 12.4 Å². The van der Waals surface area contributed by atoms with Gasteiger partial charge < -0.3 is 20.9 Å². The lowest BCUT2D eigenvalue weighted by Gasteiger charge is -2.09. The minimum Gasteiger partial charge on any atom is -0.497 e. The lowest BCUT2D eigenvalue weighted by molar-refractivity contribution is -0.410. The number of nitrogens with one attached hydrogen (secondary N) is 1. The molecule has 2 rings (SSSR count). The number of rotatable bonds is 10. The van der Waals surface area contributed by atoms with Gasteiger partial charge in [-0.25, -0.2) is 17.9 Å². The smallest absolute Gasteiger partial charge is 0.365 e. The van der Waals surface area contributed by atoms with Crippen molar-refractivity contribution in [3.05, 3.63) is 60.2 Å². The van der Waals surface area contributed by atoms with E-state index in [0.29, 0.717) is 18.6 Å². The summed E-state index contributed by atoms with van der Waals surface area (Å²) in [7, 11) is -2.34. The van der Waals surface area contributed by atoms with Crippen LogP contribution in [-0.4, -0.2) is 40.0 Å². The molecule has 0 bridgehead atoms. The Morgan fingerprint density at radius 3 is 2.47 bits per heavy atom. The molecule has 0 aliphatic heterocycles. The average Bonchev–Trinajstić information content (AvgIpc) is 2.75. The number of methoxy groups -OCH3 is 1. The summed E-state index contributed by atoms with van der Waals surface area (Å²) in [6.45, 7) is 0.443. The van der Waals surface area contributed by atoms with Gasteiger partial charge in [-0.15, -0.1) is 0 Å². The summed E-state index contributed by atoms with van der Waals surface area (Å²) in [4.78, 5) is 16.0. The molecule has 0 amide bonds. The highest BCUT2D eigenvalue weighted by Crippen LogP contribution is 2.15. The van der Waals surface area contributed by atoms with Gasteiger partial charge >= 0.3 is 5.97 Å². The van der Waals surface area contributed by atoms with Crippen LogP contribution in [0.2, 0.25) is 0 Å². The van der Waals surface area contributed by atoms with Crippen LogP contribution in [0.4, 0.5) is 0 Å². The molecule has 6 N–H and O–H groups in total. The largest absolute Gasteiger partial charge is 0.497 e. The maximum atomic E-state index is 12.3. The lowest BCUT2D eigenvalue weighted by Crippen LogP contribution is -2.65. The van der Waals surface area contributed by atoms with Crippen molar-refractivity contribution < 1.29 is 28.4 Å². The number of benzene rings is 2. The van der Waals surface area contributed by atoms with Crippen molar-refractivity contribution in [2.24, 2.45) is 10.7 Å². The summed E-state index contributed by atoms with van der Waals surface area (Å²) < 4.78 is 37.0. The van der Waals surface area contributed by atoms with Crippen molar-refractivity contribution in [3.8, 4) is 5.75 Å². The van der Waals surface area contributed by atoms with E-state index in [4.69, 9.17) is 15.2 Å². The maximum absolute atomic E-state index is 12.3. The number of aliphatic imine (C=N–C) groups is 1. The van der Waals surface area contributed by atoms with Crippen LogP contribution >= 0.6 is 0 Å². The van der Waals surface area contributed by atoms with Crippen LogP contribution in [0.3, 0.4) is 0 Å². The predicted octanol–water partition coefficient (Wildman–Crippen LogP) is 0.422. The Morgan fingerprint density at radius 2 is 1.83 bits per heavy atom. The Hall–Kier alpha value is -3.11. The average molecular weight is 436 g/mol. The van der Waals surface area contributed by atoms with Gasteiger partial charge in [0.05, 0.1) is 12.0 Å². The molecule has 0 saturated heterocycles. The van der Waals surface area contributed by atoms with Crippen molar-refractivity contribution >= 4 is 22.0 Å². The minimum atomic E-state index is -3.83. The normalized spacial score (nSPS) is 12.8. The molecule has 1 unspecified atom stereocenters. The third-order valence-electron chi connectivity index (χ3n) is 4.16. The van der Waals surface area contributed by atoms with E-state index in [1.54, 1.807) is 0 Å². The zero-order chi connectivity index (χ0) is 22.0. The number of sulfonamides is 1. The number of nitrogens with zero attached hydrogens (tertiary/aromatic N) is 1. The summed E-state index contributed by atoms with van der Waals surface area (Å²) in [6.07, 6.45) is 0.940. The zero-order valence-corrected chi connectivity index (χ0v) is 17.6. The molecule has 1 atom stereocenters. The van der Waals surface area contributed by atoms with Gasteiger partial charge in [-0.3, -0.25) is 4.99 Å². The standard InChI is InChI=1S/C20H26N4O5S/c1-28-16-9-11-17(12-10-16)30(26,27)24-20(22)23-13-5-8-18(21)19(25)29-14-15-6-3-2-4-7-15/h2-4,6-7,9-12,18H,5,8,13-14,21H2,1H3,(H3,22,23,24)/p+1. The van der Waals surface area contributed by atoms with Crippen LogP contribution in [0, 0.1) is 0 Å². The van der Waals surface area contributed by atoms with Gasteiger partial charge in [-0.1, -0.05) is 30.3 Å². The fourth-order valence-corrected chi connectivity index (χ4v) is 3.44. The topological polar surface area (TPSA) is 148 Å². The van der Waals surface area contributed by atoms with Crippen LogP contribution in [0.15, 0.2) is 64.5 Å². The Balaban J connectivity index is 1.75. The van der Waals surface area contributed by atoms with E-state index in [9.17, 15) is 13.2 Å². The molecule has 0 saturated carbocycles. The van der Waals surface area contributed by atoms with Crippen LogP contribution in [0.1, 0.15) is 18.4 Å². The van der Waals surface area contributed by atoms with Gasteiger partial charge in [0.2, 0.25) is 5.96 Å². The molecule has 0 aromatic heterocycles. The van der Waals surface area contributed by atoms with Crippen molar-refractivity contribution in [2.75, 3.05) is 13.7 Å². The molecular weight excluding hydrogens is 408 g/mol. The van der Waals surface area contributed by atoms with Crippen molar-refractivity contribution in [1.82, 2.24) is 4.72 Å². The molecule has 10 heteroatoms. The fraction of sp³-hybridized carbons (Fsp3) is 0.300. The number of nitrogens with two attached hydrogens (primary N) is 1. The van der Waals surface area contributed by atoms with E-state index in [-0.39, 0.29) is 24.0 Å². The van der Waals surface area contributed by atoms with E-state index in [2.05, 4.69) is 15.4 Å². The first-order chi connectivity index (χ1) is 14.3. The van der Waals surface area contributed by atoms with E-state index in [0.717, 1.165) is 5.56 Å². The van der Waals surface area contributed by atoms with Crippen molar-refractivity contribution in [1.29, 1.82) is 0 Å². The quantitative estimate of drug-likeness (QED) is 0.213. The molecule has 0 heterocycles. The number of hydrogen-bond acceptors (Lipinski definition) is 6. The highest BCUT2D eigenvalue weighted by molar-refractivity contribution is 7.90. The minimum absolute atomic E-state index is 0.0421. The Labute approximate surface area is 176 Å². The first-order valence-corrected chi connectivity index (χ1v) is 10.8. The first kappa shape index (κ1) is 23.2. The number of hydrogen-bond donors (Lipinski definition) is 3. The van der Waals surface area contributed by atoms with Crippen LogP contribution in [0.5, 0.6) is 5.75 Å². The molecule has 0 aliphatic rings. The van der Waals surface area contributed by atoms with Gasteiger partial charge in [0, 0.05) is 13.0 Å². The summed E-state index contributed by atoms with van der Waals surface area (Å²) in [5, 5.41) is 0. The Bertz CT molecular complexity index is 947. The van der Waals surface area contributed by atoms with E-state index in [1.165, 1.54) is 31.4 Å². The van der Waals surface area contributed by atoms with Crippen molar-refractivity contribution in [2.45, 2.75) is 30.4 Å². The third-order valence-corrected chi connectivity index (χ3v) is 5.53. The van der Waals surface area contributed by atoms with Gasteiger partial charge in [0.25, 0.3) is 10.0 Å². The van der Waals surface area contributed by atoms with E-state index < -0.39 is 22.0 Å². The van der Waals surface area contributed by atoms with Gasteiger partial charge in [0.15, 0.2) is 6.04 Å². The van der Waals surface area contributed by atoms with E-state index in [1.807, 2.05) is 30.3 Å². The zero-order valence-electron chi connectivity index (χ0n) is 16.8. The molecule has 30 heavy (non-hydrogen) atoms. The molecular formula is C20H27N4O5S+. The summed E-state index contributed by atoms with van der Waals surface area (Å²) >= 11 is 0. The number of ether oxygens (including phenoxy) is 2. The van der Waals surface area contributed by atoms with Crippen LogP contribution in [-0.2, 0) is 26.2 Å². The third kappa shape index (κ3) is 7.37. The number of carbonyl (C=O) groups excluding carboxylic acids is 1. The van der Waals surface area contributed by atoms with Gasteiger partial charge in [-0.05, 0) is 36.2 Å². The van der Waals surface area contributed by atoms with Crippen molar-refractivity contribution in [3.63, 3.8) is 0 Å². The first-order valence-electron chi connectivity index (χ1n) is 9.32. The molecule has 0 fully saturated rings. The molecule has 0 spiro atoms. The number of esters is 1. The second-order valence-corrected chi connectivity index (χ2v) is 8.16. The predicted molar refractivity (Wildman–Crippen MR) is 112 cm³/mol. The Kier molecular flexibility index (Phi) is 8.63. The van der Waals surface area contributed by atoms with Crippen LogP contribution < -0.4 is 20.9 Å². The van der Waals surface area contributed by atoms with Crippen LogP contribution in [0.25, 0.3) is 0 Å². The second-order valence-electron chi connectivity index (χ2n) is 6.48. The second kappa shape index (κ2) is 11.2. The Morgan fingerprint density at radius 1 is 1.17 bits per heavy atom. The molecule has 9 nitrogen and oxygen atoms in total. The molecule has 2 aromatic carbocycles. The molecule has 2 aromatic rings. The maximum Gasteiger partial charge on any atom is 0.365 e. The molecule has 0 radical (unpaired) electrons. The fourth-order valence-electron chi connectivity index (χ4n) is 2.49. The summed E-state index contributed by atoms with van der Waals surface area (Å²) in [5.74, 6) is -0.0743. The number of carbonyl (C=O) groups is 1. The summed E-state index contributed by atoms with van der Waals surface area (Å²) in [6, 6.07) is 14.7. The summed E-state index contributed by atoms with van der Waals surface area (Å²) in [5.41, 5.74) is 10.4. The monoisotopic (exact) mass is 435 g/mol. The van der Waals surface area contributed by atoms with E-state index >= 15 is 0 Å². The molecule has 0 aliphatic carbocycles. The highest BCUT2D eigenvalue weighted by Gasteiger charge is 2.19. The lowest BCUT2D eigenvalue weighted by atomic mass is 10.2. The van der Waals surface area contributed by atoms with Gasteiger partial charge in [-0.2, -0.15) is 0 Å². The number of guanidine groups is 1. The number of quaternary nitrogens is 1. The SMILES string of the molecule is COc1ccc(S(=O)(=O)NC(N)=NCCCC([NH3+])C(=O)OCc2ccccc2)cc1.